The third kappa shape index (κ3) is 5.49. The lowest BCUT2D eigenvalue weighted by Crippen LogP contribution is -2.14. The van der Waals surface area contributed by atoms with Crippen molar-refractivity contribution < 1.29 is 12.9 Å². The van der Waals surface area contributed by atoms with E-state index in [1.165, 1.54) is 5.56 Å². The summed E-state index contributed by atoms with van der Waals surface area (Å²) in [5.41, 5.74) is 4.89. The molecule has 7 nitrogen and oxygen atoms in total. The Morgan fingerprint density at radius 1 is 0.917 bits per heavy atom. The minimum atomic E-state index is -3.35. The molecule has 2 heterocycles. The Hall–Kier alpha value is -3.52. The zero-order chi connectivity index (χ0) is 25.9. The molecule has 36 heavy (non-hydrogen) atoms. The lowest BCUT2D eigenvalue weighted by molar-refractivity contribution is 0.433. The summed E-state index contributed by atoms with van der Waals surface area (Å²) in [6.45, 7) is 9.56. The lowest BCUT2D eigenvalue weighted by atomic mass is 10.1. The molecule has 0 bridgehead atoms. The van der Waals surface area contributed by atoms with Crippen molar-refractivity contribution in [3.8, 4) is 34.0 Å². The van der Waals surface area contributed by atoms with Gasteiger partial charge in [-0.2, -0.15) is 0 Å². The SMILES string of the molecule is CCCc1ccc(-c2cc(-c3nc(-c4ccc(S(=O)(=O)C(C)C)cc4)cnc3NC(C)C)on2)cc1. The summed E-state index contributed by atoms with van der Waals surface area (Å²) in [5.74, 6) is 1.09. The monoisotopic (exact) mass is 504 g/mol. The number of nitrogens with zero attached hydrogens (tertiary/aromatic N) is 3. The Balaban J connectivity index is 1.70. The largest absolute Gasteiger partial charge is 0.366 e. The number of nitrogens with one attached hydrogen (secondary N) is 1. The predicted octanol–water partition coefficient (Wildman–Crippen LogP) is 6.42. The molecule has 0 atom stereocenters. The molecule has 0 aliphatic carbocycles. The second-order valence-electron chi connectivity index (χ2n) is 9.39. The maximum absolute atomic E-state index is 12.5. The van der Waals surface area contributed by atoms with Gasteiger partial charge in [-0.25, -0.2) is 18.4 Å². The molecule has 0 radical (unpaired) electrons. The number of hydrogen-bond donors (Lipinski definition) is 1. The highest BCUT2D eigenvalue weighted by molar-refractivity contribution is 7.92. The average Bonchev–Trinajstić information content (AvgIpc) is 3.35. The number of rotatable bonds is 9. The van der Waals surface area contributed by atoms with E-state index in [2.05, 4.69) is 46.6 Å². The number of aryl methyl sites for hydroxylation is 1. The van der Waals surface area contributed by atoms with Crippen LogP contribution in [-0.4, -0.2) is 34.8 Å². The van der Waals surface area contributed by atoms with E-state index in [0.717, 1.165) is 29.7 Å². The Morgan fingerprint density at radius 2 is 1.56 bits per heavy atom. The molecular weight excluding hydrogens is 472 g/mol. The molecule has 0 amide bonds. The van der Waals surface area contributed by atoms with E-state index in [1.807, 2.05) is 19.9 Å². The van der Waals surface area contributed by atoms with Gasteiger partial charge in [-0.05, 0) is 51.8 Å². The first kappa shape index (κ1) is 25.6. The van der Waals surface area contributed by atoms with E-state index < -0.39 is 15.1 Å². The fourth-order valence-corrected chi connectivity index (χ4v) is 4.88. The van der Waals surface area contributed by atoms with Gasteiger partial charge in [0.15, 0.2) is 27.1 Å². The van der Waals surface area contributed by atoms with Gasteiger partial charge in [0, 0.05) is 23.2 Å². The van der Waals surface area contributed by atoms with Crippen LogP contribution in [0.25, 0.3) is 34.0 Å². The summed E-state index contributed by atoms with van der Waals surface area (Å²) >= 11 is 0. The van der Waals surface area contributed by atoms with Gasteiger partial charge in [0.1, 0.15) is 5.69 Å². The second kappa shape index (κ2) is 10.6. The van der Waals surface area contributed by atoms with Crippen LogP contribution in [0, 0.1) is 0 Å². The second-order valence-corrected chi connectivity index (χ2v) is 11.9. The van der Waals surface area contributed by atoms with Crippen molar-refractivity contribution in [3.05, 3.63) is 66.4 Å². The summed E-state index contributed by atoms with van der Waals surface area (Å²) in [4.78, 5) is 9.73. The molecule has 8 heteroatoms. The molecule has 0 unspecified atom stereocenters. The fraction of sp³-hybridized carbons (Fsp3) is 0.321. The highest BCUT2D eigenvalue weighted by atomic mass is 32.2. The standard InChI is InChI=1S/C28H32N4O3S/c1-6-7-20-8-10-21(11-9-20)24-16-26(35-32-24)27-28(30-18(2)3)29-17-25(31-27)22-12-14-23(15-13-22)36(33,34)19(4)5/h8-19H,6-7H2,1-5H3,(H,29,30). The van der Waals surface area contributed by atoms with Gasteiger partial charge >= 0.3 is 0 Å². The maximum Gasteiger partial charge on any atom is 0.189 e. The first-order valence-electron chi connectivity index (χ1n) is 12.2. The van der Waals surface area contributed by atoms with Crippen LogP contribution in [0.2, 0.25) is 0 Å². The van der Waals surface area contributed by atoms with Crippen molar-refractivity contribution in [1.82, 2.24) is 15.1 Å². The highest BCUT2D eigenvalue weighted by Gasteiger charge is 2.20. The topological polar surface area (TPSA) is 98.0 Å². The third-order valence-electron chi connectivity index (χ3n) is 5.83. The van der Waals surface area contributed by atoms with Gasteiger partial charge < -0.3 is 9.84 Å². The van der Waals surface area contributed by atoms with Crippen LogP contribution in [-0.2, 0) is 16.3 Å². The highest BCUT2D eigenvalue weighted by Crippen LogP contribution is 2.32. The van der Waals surface area contributed by atoms with Gasteiger partial charge in [-0.15, -0.1) is 0 Å². The van der Waals surface area contributed by atoms with Crippen molar-refractivity contribution in [3.63, 3.8) is 0 Å². The molecule has 4 aromatic rings. The zero-order valence-corrected chi connectivity index (χ0v) is 22.1. The summed E-state index contributed by atoms with van der Waals surface area (Å²) < 4.78 is 30.7. The van der Waals surface area contributed by atoms with Crippen LogP contribution in [0.4, 0.5) is 5.82 Å². The van der Waals surface area contributed by atoms with E-state index in [1.54, 1.807) is 44.3 Å². The Morgan fingerprint density at radius 3 is 2.17 bits per heavy atom. The van der Waals surface area contributed by atoms with Crippen molar-refractivity contribution in [1.29, 1.82) is 0 Å². The quantitative estimate of drug-likeness (QED) is 0.281. The van der Waals surface area contributed by atoms with Gasteiger partial charge in [-0.1, -0.05) is 54.9 Å². The lowest BCUT2D eigenvalue weighted by Gasteiger charge is -2.13. The van der Waals surface area contributed by atoms with E-state index in [9.17, 15) is 8.42 Å². The van der Waals surface area contributed by atoms with E-state index in [-0.39, 0.29) is 10.9 Å². The number of anilines is 1. The summed E-state index contributed by atoms with van der Waals surface area (Å²) in [6, 6.07) is 17.1. The summed E-state index contributed by atoms with van der Waals surface area (Å²) in [5, 5.41) is 7.11. The van der Waals surface area contributed by atoms with Gasteiger partial charge in [0.05, 0.1) is 22.0 Å². The van der Waals surface area contributed by atoms with Crippen molar-refractivity contribution in [2.75, 3.05) is 5.32 Å². The molecular formula is C28H32N4O3S. The molecule has 0 saturated heterocycles. The molecule has 0 fully saturated rings. The summed E-state index contributed by atoms with van der Waals surface area (Å²) in [6.07, 6.45) is 3.82. The molecule has 4 rings (SSSR count). The van der Waals surface area contributed by atoms with Crippen LogP contribution in [0.3, 0.4) is 0 Å². The molecule has 0 saturated carbocycles. The van der Waals surface area contributed by atoms with E-state index >= 15 is 0 Å². The van der Waals surface area contributed by atoms with Crippen molar-refractivity contribution in [2.24, 2.45) is 0 Å². The summed E-state index contributed by atoms with van der Waals surface area (Å²) in [7, 11) is -3.35. The van der Waals surface area contributed by atoms with Crippen LogP contribution in [0.1, 0.15) is 46.6 Å². The van der Waals surface area contributed by atoms with E-state index in [4.69, 9.17) is 9.51 Å². The molecule has 0 spiro atoms. The minimum absolute atomic E-state index is 0.137. The molecule has 188 valence electrons. The van der Waals surface area contributed by atoms with Crippen LogP contribution in [0.15, 0.2) is 70.2 Å². The minimum Gasteiger partial charge on any atom is -0.366 e. The number of hydrogen-bond acceptors (Lipinski definition) is 7. The predicted molar refractivity (Wildman–Crippen MR) is 143 cm³/mol. The smallest absolute Gasteiger partial charge is 0.189 e. The first-order valence-corrected chi connectivity index (χ1v) is 13.8. The molecule has 1 N–H and O–H groups in total. The van der Waals surface area contributed by atoms with Crippen molar-refractivity contribution >= 4 is 15.7 Å². The van der Waals surface area contributed by atoms with Crippen LogP contribution < -0.4 is 5.32 Å². The molecule has 0 aliphatic rings. The van der Waals surface area contributed by atoms with Gasteiger partial charge in [0.2, 0.25) is 0 Å². The maximum atomic E-state index is 12.5. The Kier molecular flexibility index (Phi) is 7.54. The van der Waals surface area contributed by atoms with Crippen molar-refractivity contribution in [2.45, 2.75) is 63.6 Å². The normalized spacial score (nSPS) is 11.9. The van der Waals surface area contributed by atoms with Crippen LogP contribution in [0.5, 0.6) is 0 Å². The third-order valence-corrected chi connectivity index (χ3v) is 8.00. The van der Waals surface area contributed by atoms with Gasteiger partial charge in [0.25, 0.3) is 0 Å². The number of sulfone groups is 1. The zero-order valence-electron chi connectivity index (χ0n) is 21.3. The number of aromatic nitrogens is 3. The molecule has 2 aromatic heterocycles. The molecule has 0 aliphatic heterocycles. The Labute approximate surface area is 212 Å². The fourth-order valence-electron chi connectivity index (χ4n) is 3.82. The average molecular weight is 505 g/mol. The number of benzene rings is 2. The van der Waals surface area contributed by atoms with Gasteiger partial charge in [-0.3, -0.25) is 0 Å². The molecule has 2 aromatic carbocycles. The van der Waals surface area contributed by atoms with E-state index in [0.29, 0.717) is 23.0 Å². The van der Waals surface area contributed by atoms with Crippen LogP contribution >= 0.6 is 0 Å². The first-order chi connectivity index (χ1) is 17.2. The Bertz CT molecular complexity index is 1420.